The Balaban J connectivity index is 2.36. The number of carboxylic acid groups (broad SMARTS) is 1. The Morgan fingerprint density at radius 2 is 2.22 bits per heavy atom. The van der Waals surface area contributed by atoms with Crippen LogP contribution >= 0.6 is 11.6 Å². The fraction of sp³-hybridized carbons (Fsp3) is 0.600. The molecule has 2 unspecified atom stereocenters. The molecule has 7 nitrogen and oxygen atoms in total. The number of aliphatic carboxylic acids is 1. The highest BCUT2D eigenvalue weighted by atomic mass is 35.5. The largest absolute Gasteiger partial charge is 0.480 e. The number of hydrogen-bond donors (Lipinski definition) is 1. The van der Waals surface area contributed by atoms with Crippen LogP contribution in [0.4, 0.5) is 5.95 Å². The highest BCUT2D eigenvalue weighted by Crippen LogP contribution is 2.28. The number of aromatic nitrogens is 3. The van der Waals surface area contributed by atoms with E-state index in [1.165, 1.54) is 7.11 Å². The third-order valence-corrected chi connectivity index (χ3v) is 3.14. The van der Waals surface area contributed by atoms with Crippen molar-refractivity contribution in [2.24, 2.45) is 5.92 Å². The van der Waals surface area contributed by atoms with Crippen molar-refractivity contribution in [2.45, 2.75) is 19.4 Å². The lowest BCUT2D eigenvalue weighted by molar-refractivity contribution is -0.139. The summed E-state index contributed by atoms with van der Waals surface area (Å²) in [6, 6.07) is -0.568. The molecule has 1 N–H and O–H groups in total. The van der Waals surface area contributed by atoms with Crippen molar-refractivity contribution in [2.75, 3.05) is 18.6 Å². The second-order valence-corrected chi connectivity index (χ2v) is 4.47. The topological polar surface area (TPSA) is 88.4 Å². The van der Waals surface area contributed by atoms with Crippen LogP contribution in [0.25, 0.3) is 0 Å². The van der Waals surface area contributed by atoms with Gasteiger partial charge in [0.05, 0.1) is 7.11 Å². The molecule has 0 aliphatic carbocycles. The zero-order valence-corrected chi connectivity index (χ0v) is 10.8. The number of rotatable bonds is 3. The van der Waals surface area contributed by atoms with Crippen LogP contribution in [0, 0.1) is 5.92 Å². The second-order valence-electron chi connectivity index (χ2n) is 4.13. The number of ether oxygens (including phenoxy) is 1. The zero-order valence-electron chi connectivity index (χ0n) is 10.00. The van der Waals surface area contributed by atoms with E-state index in [2.05, 4.69) is 15.0 Å². The molecule has 98 valence electrons. The predicted molar refractivity (Wildman–Crippen MR) is 63.9 cm³/mol. The van der Waals surface area contributed by atoms with Gasteiger partial charge in [0.2, 0.25) is 11.2 Å². The molecule has 8 heteroatoms. The maximum Gasteiger partial charge on any atom is 0.326 e. The van der Waals surface area contributed by atoms with Gasteiger partial charge in [0.25, 0.3) is 0 Å². The fourth-order valence-corrected chi connectivity index (χ4v) is 2.24. The minimum absolute atomic E-state index is 0.0134. The SMILES string of the molecule is COc1nc(Cl)nc(N2CCC(C)C2C(=O)O)n1. The third-order valence-electron chi connectivity index (χ3n) is 2.97. The monoisotopic (exact) mass is 272 g/mol. The molecule has 1 aromatic rings. The van der Waals surface area contributed by atoms with Crippen LogP contribution in [0.1, 0.15) is 13.3 Å². The summed E-state index contributed by atoms with van der Waals surface area (Å²) in [5, 5.41) is 9.22. The van der Waals surface area contributed by atoms with Gasteiger partial charge in [-0.3, -0.25) is 0 Å². The number of nitrogens with zero attached hydrogens (tertiary/aromatic N) is 4. The van der Waals surface area contributed by atoms with Crippen LogP contribution in [-0.2, 0) is 4.79 Å². The number of anilines is 1. The van der Waals surface area contributed by atoms with Crippen LogP contribution in [0.3, 0.4) is 0 Å². The maximum absolute atomic E-state index is 11.3. The van der Waals surface area contributed by atoms with Gasteiger partial charge in [-0.05, 0) is 23.9 Å². The Hall–Kier alpha value is -1.63. The Kier molecular flexibility index (Phi) is 3.51. The van der Waals surface area contributed by atoms with Gasteiger partial charge in [-0.1, -0.05) is 6.92 Å². The lowest BCUT2D eigenvalue weighted by atomic mass is 10.0. The number of carboxylic acids is 1. The van der Waals surface area contributed by atoms with Crippen LogP contribution < -0.4 is 9.64 Å². The summed E-state index contributed by atoms with van der Waals surface area (Å²) < 4.78 is 4.90. The third kappa shape index (κ3) is 2.31. The molecule has 2 heterocycles. The number of methoxy groups -OCH3 is 1. The minimum Gasteiger partial charge on any atom is -0.480 e. The minimum atomic E-state index is -0.893. The second kappa shape index (κ2) is 4.93. The van der Waals surface area contributed by atoms with E-state index < -0.39 is 12.0 Å². The summed E-state index contributed by atoms with van der Waals surface area (Å²) in [7, 11) is 1.41. The highest BCUT2D eigenvalue weighted by molar-refractivity contribution is 6.28. The van der Waals surface area contributed by atoms with E-state index in [9.17, 15) is 9.90 Å². The molecule has 0 spiro atoms. The van der Waals surface area contributed by atoms with E-state index in [4.69, 9.17) is 16.3 Å². The van der Waals surface area contributed by atoms with Crippen LogP contribution in [0.5, 0.6) is 6.01 Å². The molecular formula is C10H13ClN4O3. The predicted octanol–water partition coefficient (Wildman–Crippen LogP) is 0.833. The Morgan fingerprint density at radius 1 is 1.50 bits per heavy atom. The Morgan fingerprint density at radius 3 is 2.83 bits per heavy atom. The van der Waals surface area contributed by atoms with Gasteiger partial charge in [0, 0.05) is 6.54 Å². The van der Waals surface area contributed by atoms with Gasteiger partial charge in [0.1, 0.15) is 6.04 Å². The lowest BCUT2D eigenvalue weighted by Crippen LogP contribution is -2.40. The summed E-state index contributed by atoms with van der Waals surface area (Å²) in [6.45, 7) is 2.46. The molecule has 0 amide bonds. The Labute approximate surface area is 109 Å². The molecule has 1 aliphatic heterocycles. The van der Waals surface area contributed by atoms with Crippen molar-refractivity contribution in [1.29, 1.82) is 0 Å². The van der Waals surface area contributed by atoms with E-state index in [1.54, 1.807) is 4.90 Å². The molecule has 0 saturated carbocycles. The van der Waals surface area contributed by atoms with E-state index in [0.29, 0.717) is 6.54 Å². The highest BCUT2D eigenvalue weighted by Gasteiger charge is 2.38. The summed E-state index contributed by atoms with van der Waals surface area (Å²) >= 11 is 5.75. The van der Waals surface area contributed by atoms with Gasteiger partial charge < -0.3 is 14.7 Å². The van der Waals surface area contributed by atoms with Crippen molar-refractivity contribution in [1.82, 2.24) is 15.0 Å². The summed E-state index contributed by atoms with van der Waals surface area (Å²) in [4.78, 5) is 24.6. The molecular weight excluding hydrogens is 260 g/mol. The van der Waals surface area contributed by atoms with E-state index in [1.807, 2.05) is 6.92 Å². The molecule has 0 radical (unpaired) electrons. The molecule has 1 fully saturated rings. The molecule has 1 aliphatic rings. The quantitative estimate of drug-likeness (QED) is 0.872. The summed E-state index contributed by atoms with van der Waals surface area (Å²) in [6.07, 6.45) is 0.766. The van der Waals surface area contributed by atoms with Gasteiger partial charge in [0.15, 0.2) is 0 Å². The smallest absolute Gasteiger partial charge is 0.326 e. The molecule has 1 saturated heterocycles. The molecule has 18 heavy (non-hydrogen) atoms. The Bertz CT molecular complexity index is 470. The molecule has 0 aromatic carbocycles. The summed E-state index contributed by atoms with van der Waals surface area (Å²) in [5.74, 6) is -0.622. The number of halogens is 1. The van der Waals surface area contributed by atoms with E-state index in [0.717, 1.165) is 6.42 Å². The van der Waals surface area contributed by atoms with Gasteiger partial charge in [-0.15, -0.1) is 0 Å². The lowest BCUT2D eigenvalue weighted by Gasteiger charge is -2.23. The fourth-order valence-electron chi connectivity index (χ4n) is 2.09. The van der Waals surface area contributed by atoms with Crippen molar-refractivity contribution in [3.05, 3.63) is 5.28 Å². The zero-order chi connectivity index (χ0) is 13.3. The van der Waals surface area contributed by atoms with Crippen LogP contribution in [-0.4, -0.2) is 45.7 Å². The number of carbonyl (C=O) groups is 1. The standard InChI is InChI=1S/C10H13ClN4O3/c1-5-3-4-15(6(5)7(16)17)9-12-8(11)13-10(14-9)18-2/h5-6H,3-4H2,1-2H3,(H,16,17). The van der Waals surface area contributed by atoms with Crippen molar-refractivity contribution >= 4 is 23.5 Å². The van der Waals surface area contributed by atoms with Gasteiger partial charge in [-0.2, -0.15) is 15.0 Å². The molecule has 1 aromatic heterocycles. The first-order valence-electron chi connectivity index (χ1n) is 5.48. The van der Waals surface area contributed by atoms with Crippen LogP contribution in [0.15, 0.2) is 0 Å². The first-order valence-corrected chi connectivity index (χ1v) is 5.85. The molecule has 2 rings (SSSR count). The van der Waals surface area contributed by atoms with Crippen molar-refractivity contribution in [3.63, 3.8) is 0 Å². The average molecular weight is 273 g/mol. The number of hydrogen-bond acceptors (Lipinski definition) is 6. The van der Waals surface area contributed by atoms with Crippen molar-refractivity contribution in [3.8, 4) is 6.01 Å². The molecule has 0 bridgehead atoms. The van der Waals surface area contributed by atoms with Crippen LogP contribution in [0.2, 0.25) is 5.28 Å². The van der Waals surface area contributed by atoms with E-state index in [-0.39, 0.29) is 23.2 Å². The van der Waals surface area contributed by atoms with Gasteiger partial charge >= 0.3 is 12.0 Å². The van der Waals surface area contributed by atoms with Gasteiger partial charge in [-0.25, -0.2) is 4.79 Å². The summed E-state index contributed by atoms with van der Waals surface area (Å²) in [5.41, 5.74) is 0. The normalized spacial score (nSPS) is 23.2. The van der Waals surface area contributed by atoms with E-state index >= 15 is 0 Å². The maximum atomic E-state index is 11.3. The first-order chi connectivity index (χ1) is 8.52. The first kappa shape index (κ1) is 12.8. The molecule has 2 atom stereocenters. The van der Waals surface area contributed by atoms with Crippen molar-refractivity contribution < 1.29 is 14.6 Å². The average Bonchev–Trinajstić information content (AvgIpc) is 2.70.